The number of benzene rings is 2. The van der Waals surface area contributed by atoms with Crippen LogP contribution in [0, 0.1) is 0 Å². The predicted molar refractivity (Wildman–Crippen MR) is 123 cm³/mol. The van der Waals surface area contributed by atoms with Crippen molar-refractivity contribution in [1.82, 2.24) is 10.1 Å². The highest BCUT2D eigenvalue weighted by molar-refractivity contribution is 8.02. The van der Waals surface area contributed by atoms with Crippen LogP contribution in [0.1, 0.15) is 16.9 Å². The minimum absolute atomic E-state index is 0.589. The van der Waals surface area contributed by atoms with Crippen molar-refractivity contribution in [3.63, 3.8) is 0 Å². The number of methoxy groups -OCH3 is 1. The van der Waals surface area contributed by atoms with Crippen LogP contribution >= 0.6 is 14.7 Å². The van der Waals surface area contributed by atoms with Crippen molar-refractivity contribution in [2.45, 2.75) is 5.78 Å². The summed E-state index contributed by atoms with van der Waals surface area (Å²) in [5, 5.41) is 7.32. The van der Waals surface area contributed by atoms with E-state index in [9.17, 15) is 4.57 Å². The molecule has 0 radical (unpaired) electrons. The Labute approximate surface area is 183 Å². The number of ether oxygens (including phenoxy) is 1. The van der Waals surface area contributed by atoms with Gasteiger partial charge >= 0.3 is 14.7 Å². The van der Waals surface area contributed by atoms with Crippen LogP contribution < -0.4 is 14.6 Å². The second kappa shape index (κ2) is 11.5. The summed E-state index contributed by atoms with van der Waals surface area (Å²) in [5.41, 5.74) is 1.67. The van der Waals surface area contributed by atoms with Crippen LogP contribution in [0.5, 0.6) is 11.5 Å². The van der Waals surface area contributed by atoms with Gasteiger partial charge in [-0.25, -0.2) is 0 Å². The van der Waals surface area contributed by atoms with E-state index in [4.69, 9.17) is 30.1 Å². The first-order valence-electron chi connectivity index (χ1n) is 8.92. The van der Waals surface area contributed by atoms with Crippen LogP contribution in [0.25, 0.3) is 0 Å². The van der Waals surface area contributed by atoms with Crippen molar-refractivity contribution in [2.75, 3.05) is 35.4 Å². The van der Waals surface area contributed by atoms with E-state index >= 15 is 0 Å². The zero-order valence-corrected chi connectivity index (χ0v) is 20.1. The summed E-state index contributed by atoms with van der Waals surface area (Å²) >= 11 is 5.44. The van der Waals surface area contributed by atoms with Gasteiger partial charge in [0.1, 0.15) is 11.5 Å². The number of hydrazone groups is 1. The molecular formula is C19H26N3O5P2S+. The molecule has 30 heavy (non-hydrogen) atoms. The lowest BCUT2D eigenvalue weighted by molar-refractivity contribution is 0.261. The van der Waals surface area contributed by atoms with E-state index in [1.54, 1.807) is 56.5 Å². The Bertz CT molecular complexity index is 901. The standard InChI is InChI=1S/C19H26N3O5P2S/c1-20-19(29(23,25-4)26-5)16-8-12-18(13-9-16)27-28(30)22(2)21-14-15-6-10-17(24-3)11-7-15/h6-14,19-20H,1-5H3/q+1/b21-14-. The van der Waals surface area contributed by atoms with Crippen molar-refractivity contribution >= 4 is 32.7 Å². The normalized spacial score (nSPS) is 13.2. The third-order valence-electron chi connectivity index (χ3n) is 4.20. The molecule has 0 bridgehead atoms. The molecule has 11 heteroatoms. The highest BCUT2D eigenvalue weighted by Crippen LogP contribution is 2.58. The molecule has 2 atom stereocenters. The number of rotatable bonds is 11. The number of hydrogen-bond donors (Lipinski definition) is 1. The fourth-order valence-corrected chi connectivity index (χ4v) is 4.90. The first kappa shape index (κ1) is 24.4. The highest BCUT2D eigenvalue weighted by atomic mass is 32.4. The molecule has 2 rings (SSSR count). The molecule has 1 N–H and O–H groups in total. The van der Waals surface area contributed by atoms with Crippen LogP contribution in [-0.4, -0.2) is 46.4 Å². The van der Waals surface area contributed by atoms with Crippen LogP contribution in [0.2, 0.25) is 0 Å². The van der Waals surface area contributed by atoms with Crippen LogP contribution in [0.4, 0.5) is 0 Å². The molecular weight excluding hydrogens is 444 g/mol. The van der Waals surface area contributed by atoms with Crippen LogP contribution in [0.3, 0.4) is 0 Å². The summed E-state index contributed by atoms with van der Waals surface area (Å²) in [7, 11) is 3.07. The quantitative estimate of drug-likeness (QED) is 0.292. The Balaban J connectivity index is 2.02. The third-order valence-corrected chi connectivity index (χ3v) is 8.29. The molecule has 0 heterocycles. The lowest BCUT2D eigenvalue weighted by Crippen LogP contribution is -2.18. The number of nitrogens with one attached hydrogen (secondary N) is 1. The van der Waals surface area contributed by atoms with E-state index in [-0.39, 0.29) is 0 Å². The zero-order chi connectivity index (χ0) is 22.1. The Hall–Kier alpha value is -1.86. The third kappa shape index (κ3) is 6.32. The largest absolute Gasteiger partial charge is 0.540 e. The lowest BCUT2D eigenvalue weighted by Gasteiger charge is -2.24. The Morgan fingerprint density at radius 3 is 2.13 bits per heavy atom. The molecule has 162 valence electrons. The first-order chi connectivity index (χ1) is 14.4. The molecule has 2 aromatic rings. The molecule has 0 spiro atoms. The molecule has 0 amide bonds. The molecule has 0 aromatic heterocycles. The van der Waals surface area contributed by atoms with Gasteiger partial charge in [-0.1, -0.05) is 16.9 Å². The molecule has 0 aliphatic rings. The summed E-state index contributed by atoms with van der Waals surface area (Å²) in [6.45, 7) is 0. The molecule has 0 aliphatic heterocycles. The van der Waals surface area contributed by atoms with Crippen LogP contribution in [0.15, 0.2) is 53.6 Å². The maximum atomic E-state index is 12.7. The summed E-state index contributed by atoms with van der Waals surface area (Å²) in [6, 6.07) is 14.6. The summed E-state index contributed by atoms with van der Waals surface area (Å²) in [4.78, 5) is 0. The van der Waals surface area contributed by atoms with E-state index in [2.05, 4.69) is 10.4 Å². The maximum absolute atomic E-state index is 12.7. The first-order valence-corrected chi connectivity index (χ1v) is 12.8. The molecule has 2 aromatic carbocycles. The smallest absolute Gasteiger partial charge is 0.497 e. The minimum Gasteiger partial charge on any atom is -0.497 e. The minimum atomic E-state index is -3.32. The molecule has 0 saturated heterocycles. The topological polar surface area (TPSA) is 81.6 Å². The second-order valence-corrected chi connectivity index (χ2v) is 10.5. The molecule has 0 saturated carbocycles. The van der Waals surface area contributed by atoms with E-state index in [0.717, 1.165) is 16.9 Å². The Morgan fingerprint density at radius 1 is 1.07 bits per heavy atom. The lowest BCUT2D eigenvalue weighted by atomic mass is 10.2. The van der Waals surface area contributed by atoms with E-state index in [1.165, 1.54) is 14.2 Å². The molecule has 0 fully saturated rings. The maximum Gasteiger partial charge on any atom is 0.540 e. The fraction of sp³-hybridized carbons (Fsp3) is 0.316. The van der Waals surface area contributed by atoms with Gasteiger partial charge in [-0.05, 0) is 54.6 Å². The highest BCUT2D eigenvalue weighted by Gasteiger charge is 2.34. The number of hydrogen-bond acceptors (Lipinski definition) is 8. The van der Waals surface area contributed by atoms with Crippen molar-refractivity contribution < 1.29 is 22.9 Å². The van der Waals surface area contributed by atoms with Crippen molar-refractivity contribution in [3.8, 4) is 11.5 Å². The van der Waals surface area contributed by atoms with Crippen molar-refractivity contribution in [3.05, 3.63) is 59.7 Å². The predicted octanol–water partition coefficient (Wildman–Crippen LogP) is 4.52. The fourth-order valence-electron chi connectivity index (χ4n) is 2.54. The van der Waals surface area contributed by atoms with Gasteiger partial charge in [0, 0.05) is 14.2 Å². The van der Waals surface area contributed by atoms with Crippen molar-refractivity contribution in [1.29, 1.82) is 0 Å². The molecule has 0 aliphatic carbocycles. The number of nitrogens with zero attached hydrogens (tertiary/aromatic N) is 2. The summed E-state index contributed by atoms with van der Waals surface area (Å²) < 4.78 is 35.4. The van der Waals surface area contributed by atoms with Gasteiger partial charge in [0.05, 0.1) is 20.4 Å². The van der Waals surface area contributed by atoms with Gasteiger partial charge in [-0.3, -0.25) is 9.09 Å². The van der Waals surface area contributed by atoms with Gasteiger partial charge in [0.2, 0.25) is 11.8 Å². The van der Waals surface area contributed by atoms with Gasteiger partial charge in [-0.2, -0.15) is 0 Å². The molecule has 2 unspecified atom stereocenters. The van der Waals surface area contributed by atoms with Crippen LogP contribution in [-0.2, 0) is 25.4 Å². The zero-order valence-electron chi connectivity index (χ0n) is 17.5. The average Bonchev–Trinajstić information content (AvgIpc) is 2.79. The Morgan fingerprint density at radius 2 is 1.63 bits per heavy atom. The van der Waals surface area contributed by atoms with Gasteiger partial charge in [0.15, 0.2) is 5.75 Å². The van der Waals surface area contributed by atoms with Gasteiger partial charge in [-0.15, -0.1) is 5.10 Å². The van der Waals surface area contributed by atoms with Gasteiger partial charge in [0.25, 0.3) is 0 Å². The summed E-state index contributed by atoms with van der Waals surface area (Å²) in [5.74, 6) is 0.778. The monoisotopic (exact) mass is 470 g/mol. The SMILES string of the molecule is CNC(c1ccc(O[P+](=S)N(C)/N=C\c2ccc(OC)cc2)cc1)P(=O)(OC)OC. The Kier molecular flexibility index (Phi) is 9.37. The van der Waals surface area contributed by atoms with Gasteiger partial charge < -0.3 is 19.1 Å². The van der Waals surface area contributed by atoms with E-state index in [0.29, 0.717) is 5.75 Å². The average molecular weight is 470 g/mol. The molecule has 8 nitrogen and oxygen atoms in total. The van der Waals surface area contributed by atoms with E-state index < -0.39 is 20.5 Å². The van der Waals surface area contributed by atoms with E-state index in [1.807, 2.05) is 24.3 Å². The second-order valence-electron chi connectivity index (χ2n) is 6.00. The van der Waals surface area contributed by atoms with Crippen molar-refractivity contribution in [2.24, 2.45) is 5.10 Å². The summed E-state index contributed by atoms with van der Waals surface area (Å²) in [6.07, 6.45) is 1.71.